The SMILES string of the molecule is Nc1ccc2c(c1)ncc1nnnn12. The molecule has 6 nitrogen and oxygen atoms in total. The molecule has 0 fully saturated rings. The number of benzene rings is 1. The van der Waals surface area contributed by atoms with E-state index in [1.807, 2.05) is 6.07 Å². The molecule has 14 heavy (non-hydrogen) atoms. The molecule has 2 N–H and O–H groups in total. The van der Waals surface area contributed by atoms with Gasteiger partial charge in [-0.1, -0.05) is 0 Å². The molecule has 0 amide bonds. The van der Waals surface area contributed by atoms with Crippen LogP contribution in [0.3, 0.4) is 0 Å². The number of hydrogen-bond acceptors (Lipinski definition) is 5. The van der Waals surface area contributed by atoms with Gasteiger partial charge in [-0.3, -0.25) is 4.98 Å². The number of hydrogen-bond donors (Lipinski definition) is 1. The van der Waals surface area contributed by atoms with Gasteiger partial charge in [0.05, 0.1) is 17.2 Å². The summed E-state index contributed by atoms with van der Waals surface area (Å²) in [7, 11) is 0. The lowest BCUT2D eigenvalue weighted by Crippen LogP contribution is -1.94. The molecule has 0 bridgehead atoms. The Hall–Kier alpha value is -2.24. The van der Waals surface area contributed by atoms with E-state index in [1.54, 1.807) is 22.8 Å². The van der Waals surface area contributed by atoms with Crippen molar-refractivity contribution in [3.05, 3.63) is 24.4 Å². The Kier molecular flexibility index (Phi) is 1.22. The number of aromatic nitrogens is 5. The lowest BCUT2D eigenvalue weighted by Gasteiger charge is -1.99. The Balaban J connectivity index is 2.57. The monoisotopic (exact) mass is 186 g/mol. The Morgan fingerprint density at radius 1 is 1.29 bits per heavy atom. The van der Waals surface area contributed by atoms with Gasteiger partial charge in [0.2, 0.25) is 0 Å². The van der Waals surface area contributed by atoms with Gasteiger partial charge in [-0.15, -0.1) is 5.10 Å². The first kappa shape index (κ1) is 7.19. The molecule has 0 aliphatic heterocycles. The summed E-state index contributed by atoms with van der Waals surface area (Å²) in [5.74, 6) is 0. The second-order valence-corrected chi connectivity index (χ2v) is 2.96. The van der Waals surface area contributed by atoms with Crippen molar-refractivity contribution in [2.45, 2.75) is 0 Å². The van der Waals surface area contributed by atoms with Crippen LogP contribution in [0.5, 0.6) is 0 Å². The molecule has 0 aliphatic carbocycles. The van der Waals surface area contributed by atoms with Crippen molar-refractivity contribution in [3.63, 3.8) is 0 Å². The third-order valence-electron chi connectivity index (χ3n) is 2.04. The van der Waals surface area contributed by atoms with Crippen LogP contribution < -0.4 is 5.73 Å². The zero-order valence-electron chi connectivity index (χ0n) is 7.12. The van der Waals surface area contributed by atoms with E-state index in [9.17, 15) is 0 Å². The number of anilines is 1. The normalized spacial score (nSPS) is 11.1. The average Bonchev–Trinajstić information content (AvgIpc) is 2.65. The molecule has 0 spiro atoms. The fourth-order valence-electron chi connectivity index (χ4n) is 1.40. The van der Waals surface area contributed by atoms with E-state index in [1.165, 1.54) is 0 Å². The molecule has 68 valence electrons. The van der Waals surface area contributed by atoms with Crippen LogP contribution in [0.15, 0.2) is 24.4 Å². The van der Waals surface area contributed by atoms with E-state index in [0.29, 0.717) is 11.3 Å². The first-order valence-corrected chi connectivity index (χ1v) is 4.07. The molecular formula is C8H6N6. The van der Waals surface area contributed by atoms with Gasteiger partial charge in [-0.25, -0.2) is 0 Å². The highest BCUT2D eigenvalue weighted by Gasteiger charge is 2.03. The van der Waals surface area contributed by atoms with Gasteiger partial charge in [-0.05, 0) is 28.6 Å². The maximum atomic E-state index is 5.64. The molecular weight excluding hydrogens is 180 g/mol. The largest absolute Gasteiger partial charge is 0.399 e. The van der Waals surface area contributed by atoms with Crippen molar-refractivity contribution in [3.8, 4) is 0 Å². The maximum absolute atomic E-state index is 5.64. The van der Waals surface area contributed by atoms with Crippen molar-refractivity contribution >= 4 is 22.4 Å². The van der Waals surface area contributed by atoms with Gasteiger partial charge in [0.1, 0.15) is 0 Å². The summed E-state index contributed by atoms with van der Waals surface area (Å²) >= 11 is 0. The summed E-state index contributed by atoms with van der Waals surface area (Å²) in [4.78, 5) is 4.20. The van der Waals surface area contributed by atoms with Crippen LogP contribution in [-0.4, -0.2) is 25.0 Å². The lowest BCUT2D eigenvalue weighted by molar-refractivity contribution is 0.841. The molecule has 1 aromatic carbocycles. The highest BCUT2D eigenvalue weighted by Crippen LogP contribution is 2.14. The number of nitrogens with two attached hydrogens (primary N) is 1. The summed E-state index contributed by atoms with van der Waals surface area (Å²) in [6.45, 7) is 0. The molecule has 0 aliphatic rings. The van der Waals surface area contributed by atoms with Gasteiger partial charge >= 0.3 is 0 Å². The van der Waals surface area contributed by atoms with E-state index >= 15 is 0 Å². The van der Waals surface area contributed by atoms with Crippen molar-refractivity contribution in [1.29, 1.82) is 0 Å². The number of rotatable bonds is 0. The van der Waals surface area contributed by atoms with Gasteiger partial charge in [0.15, 0.2) is 5.65 Å². The van der Waals surface area contributed by atoms with Gasteiger partial charge in [-0.2, -0.15) is 4.52 Å². The Bertz CT molecular complexity index is 613. The summed E-state index contributed by atoms with van der Waals surface area (Å²) in [6.07, 6.45) is 1.61. The zero-order chi connectivity index (χ0) is 9.54. The quantitative estimate of drug-likeness (QED) is 0.509. The Morgan fingerprint density at radius 3 is 3.14 bits per heavy atom. The summed E-state index contributed by atoms with van der Waals surface area (Å²) < 4.78 is 1.63. The lowest BCUT2D eigenvalue weighted by atomic mass is 10.3. The zero-order valence-corrected chi connectivity index (χ0v) is 7.12. The summed E-state index contributed by atoms with van der Waals surface area (Å²) in [6, 6.07) is 5.43. The highest BCUT2D eigenvalue weighted by atomic mass is 15.5. The van der Waals surface area contributed by atoms with Crippen molar-refractivity contribution < 1.29 is 0 Å². The van der Waals surface area contributed by atoms with Crippen LogP contribution in [0.25, 0.3) is 16.7 Å². The molecule has 0 atom stereocenters. The minimum Gasteiger partial charge on any atom is -0.399 e. The minimum atomic E-state index is 0.627. The van der Waals surface area contributed by atoms with E-state index < -0.39 is 0 Å². The van der Waals surface area contributed by atoms with Crippen LogP contribution in [0.2, 0.25) is 0 Å². The molecule has 6 heteroatoms. The Morgan fingerprint density at radius 2 is 2.21 bits per heavy atom. The number of fused-ring (bicyclic) bond motifs is 3. The fraction of sp³-hybridized carbons (Fsp3) is 0. The van der Waals surface area contributed by atoms with Crippen LogP contribution in [-0.2, 0) is 0 Å². The van der Waals surface area contributed by atoms with E-state index in [0.717, 1.165) is 11.0 Å². The third kappa shape index (κ3) is 0.846. The average molecular weight is 186 g/mol. The summed E-state index contributed by atoms with van der Waals surface area (Å²) in [5, 5.41) is 11.2. The van der Waals surface area contributed by atoms with Crippen LogP contribution in [0.4, 0.5) is 5.69 Å². The molecule has 0 radical (unpaired) electrons. The standard InChI is InChI=1S/C8H6N6/c9-5-1-2-7-6(3-5)10-4-8-11-12-13-14(7)8/h1-4H,9H2. The maximum Gasteiger partial charge on any atom is 0.198 e. The highest BCUT2D eigenvalue weighted by molar-refractivity contribution is 5.79. The molecule has 3 aromatic rings. The molecule has 2 aromatic heterocycles. The molecule has 2 heterocycles. The van der Waals surface area contributed by atoms with Crippen LogP contribution in [0, 0.1) is 0 Å². The minimum absolute atomic E-state index is 0.627. The van der Waals surface area contributed by atoms with Crippen molar-refractivity contribution in [2.24, 2.45) is 0 Å². The fourth-order valence-corrected chi connectivity index (χ4v) is 1.40. The summed E-state index contributed by atoms with van der Waals surface area (Å²) in [5.41, 5.74) is 8.58. The first-order valence-electron chi connectivity index (χ1n) is 4.07. The van der Waals surface area contributed by atoms with Crippen molar-refractivity contribution in [2.75, 3.05) is 5.73 Å². The van der Waals surface area contributed by atoms with E-state index in [2.05, 4.69) is 20.5 Å². The smallest absolute Gasteiger partial charge is 0.198 e. The topological polar surface area (TPSA) is 82.0 Å². The van der Waals surface area contributed by atoms with Crippen molar-refractivity contribution in [1.82, 2.24) is 25.0 Å². The number of nitrogen functional groups attached to an aromatic ring is 1. The van der Waals surface area contributed by atoms with Crippen LogP contribution in [0.1, 0.15) is 0 Å². The predicted octanol–water partition coefficient (Wildman–Crippen LogP) is 0.255. The second-order valence-electron chi connectivity index (χ2n) is 2.96. The molecule has 3 rings (SSSR count). The van der Waals surface area contributed by atoms with Gasteiger partial charge in [0, 0.05) is 5.69 Å². The Labute approximate surface area is 78.4 Å². The molecule has 0 saturated heterocycles. The van der Waals surface area contributed by atoms with E-state index in [4.69, 9.17) is 5.73 Å². The van der Waals surface area contributed by atoms with E-state index in [-0.39, 0.29) is 0 Å². The second kappa shape index (κ2) is 2.38. The number of tetrazole rings is 1. The molecule has 0 saturated carbocycles. The predicted molar refractivity (Wildman–Crippen MR) is 50.5 cm³/mol. The van der Waals surface area contributed by atoms with Crippen LogP contribution >= 0.6 is 0 Å². The van der Waals surface area contributed by atoms with Gasteiger partial charge < -0.3 is 5.73 Å². The molecule has 0 unspecified atom stereocenters. The third-order valence-corrected chi connectivity index (χ3v) is 2.04. The first-order chi connectivity index (χ1) is 6.84. The number of nitrogens with zero attached hydrogens (tertiary/aromatic N) is 5. The van der Waals surface area contributed by atoms with Gasteiger partial charge in [0.25, 0.3) is 0 Å².